The summed E-state index contributed by atoms with van der Waals surface area (Å²) < 4.78 is 20.2. The molecule has 0 bridgehead atoms. The molecule has 1 amide bonds. The summed E-state index contributed by atoms with van der Waals surface area (Å²) in [5.74, 6) is -1.39. The second kappa shape index (κ2) is 10.3. The topological polar surface area (TPSA) is 68.6 Å². The Bertz CT molecular complexity index is 1040. The Balaban J connectivity index is 2.04. The lowest BCUT2D eigenvalue weighted by Gasteiger charge is -2.38. The van der Waals surface area contributed by atoms with E-state index in [1.807, 2.05) is 13.8 Å². The third-order valence-corrected chi connectivity index (χ3v) is 6.80. The molecule has 7 heteroatoms. The minimum atomic E-state index is -0.735. The average molecular weight is 457 g/mol. The number of methoxy groups -OCH3 is 1. The molecule has 2 aromatic rings. The summed E-state index contributed by atoms with van der Waals surface area (Å²) in [7, 11) is 1.32. The van der Waals surface area contributed by atoms with Gasteiger partial charge in [-0.1, -0.05) is 19.3 Å². The minimum Gasteiger partial charge on any atom is -0.464 e. The maximum Gasteiger partial charge on any atom is 0.354 e. The van der Waals surface area contributed by atoms with Crippen molar-refractivity contribution < 1.29 is 23.5 Å². The number of hydrogen-bond donors (Lipinski definition) is 0. The number of ketones is 1. The number of rotatable bonds is 7. The molecule has 1 atom stereocenters. The van der Waals surface area contributed by atoms with E-state index in [0.717, 1.165) is 32.1 Å². The zero-order valence-electron chi connectivity index (χ0n) is 20.1. The van der Waals surface area contributed by atoms with Crippen LogP contribution in [0.3, 0.4) is 0 Å². The van der Waals surface area contributed by atoms with Crippen LogP contribution in [0, 0.1) is 19.7 Å². The quantitative estimate of drug-likeness (QED) is 0.430. The molecule has 1 fully saturated rings. The second-order valence-corrected chi connectivity index (χ2v) is 8.72. The largest absolute Gasteiger partial charge is 0.464 e. The number of nitrogens with zero attached hydrogens (tertiary/aromatic N) is 2. The summed E-state index contributed by atoms with van der Waals surface area (Å²) in [5, 5.41) is 0. The van der Waals surface area contributed by atoms with Crippen LogP contribution in [0.5, 0.6) is 0 Å². The van der Waals surface area contributed by atoms with Gasteiger partial charge >= 0.3 is 5.97 Å². The van der Waals surface area contributed by atoms with Crippen molar-refractivity contribution in [2.75, 3.05) is 7.11 Å². The van der Waals surface area contributed by atoms with E-state index in [0.29, 0.717) is 34.6 Å². The van der Waals surface area contributed by atoms with Crippen LogP contribution < -0.4 is 0 Å². The Morgan fingerprint density at radius 1 is 1.12 bits per heavy atom. The number of aromatic nitrogens is 1. The smallest absolute Gasteiger partial charge is 0.354 e. The van der Waals surface area contributed by atoms with Crippen molar-refractivity contribution >= 4 is 17.7 Å². The van der Waals surface area contributed by atoms with Gasteiger partial charge in [-0.05, 0) is 70.4 Å². The second-order valence-electron chi connectivity index (χ2n) is 8.72. The minimum absolute atomic E-state index is 0.0656. The molecule has 0 saturated heterocycles. The molecule has 33 heavy (non-hydrogen) atoms. The molecule has 1 aromatic carbocycles. The van der Waals surface area contributed by atoms with Gasteiger partial charge in [0, 0.05) is 29.4 Å². The van der Waals surface area contributed by atoms with Crippen LogP contribution in [0.4, 0.5) is 4.39 Å². The van der Waals surface area contributed by atoms with Crippen molar-refractivity contribution in [1.82, 2.24) is 9.47 Å². The van der Waals surface area contributed by atoms with E-state index in [1.54, 1.807) is 23.3 Å². The molecule has 1 aliphatic carbocycles. The number of carbonyl (C=O) groups is 3. The van der Waals surface area contributed by atoms with E-state index < -0.39 is 17.8 Å². The first kappa shape index (κ1) is 24.7. The zero-order chi connectivity index (χ0) is 24.3. The third kappa shape index (κ3) is 4.72. The number of amides is 1. The van der Waals surface area contributed by atoms with E-state index in [9.17, 15) is 18.8 Å². The van der Waals surface area contributed by atoms with Crippen molar-refractivity contribution in [2.45, 2.75) is 78.4 Å². The number of ether oxygens (including phenoxy) is 1. The predicted octanol–water partition coefficient (Wildman–Crippen LogP) is 5.10. The van der Waals surface area contributed by atoms with Gasteiger partial charge in [0.1, 0.15) is 11.5 Å². The van der Waals surface area contributed by atoms with Crippen LogP contribution in [-0.2, 0) is 11.3 Å². The summed E-state index contributed by atoms with van der Waals surface area (Å²) in [6.07, 6.45) is 4.75. The Morgan fingerprint density at radius 3 is 2.27 bits per heavy atom. The van der Waals surface area contributed by atoms with Gasteiger partial charge in [-0.2, -0.15) is 0 Å². The Kier molecular flexibility index (Phi) is 7.72. The highest BCUT2D eigenvalue weighted by Gasteiger charge is 2.37. The maximum absolute atomic E-state index is 13.8. The predicted molar refractivity (Wildman–Crippen MR) is 124 cm³/mol. The summed E-state index contributed by atoms with van der Waals surface area (Å²) >= 11 is 0. The van der Waals surface area contributed by atoms with Gasteiger partial charge in [-0.3, -0.25) is 9.59 Å². The van der Waals surface area contributed by atoms with Crippen LogP contribution in [0.2, 0.25) is 0 Å². The molecular formula is C26H33FN2O4. The summed E-state index contributed by atoms with van der Waals surface area (Å²) in [6, 6.07) is 4.65. The highest BCUT2D eigenvalue weighted by molar-refractivity contribution is 6.07. The molecule has 1 heterocycles. The maximum atomic E-state index is 13.8. The molecule has 0 aliphatic heterocycles. The first-order chi connectivity index (χ1) is 15.7. The molecule has 1 aliphatic rings. The van der Waals surface area contributed by atoms with Crippen LogP contribution in [0.1, 0.15) is 88.4 Å². The lowest BCUT2D eigenvalue weighted by molar-refractivity contribution is 0.0486. The standard InChI is InChI=1S/C26H33FN2O4/c1-6-28-17(3)22(16(2)23(28)26(32)33-5)24(30)18(4)29(21-10-8-7-9-11-21)25(31)19-12-14-20(27)15-13-19/h12-15,18,21H,6-11H2,1-5H3. The first-order valence-corrected chi connectivity index (χ1v) is 11.6. The molecule has 0 spiro atoms. The fourth-order valence-corrected chi connectivity index (χ4v) is 5.11. The van der Waals surface area contributed by atoms with Crippen molar-refractivity contribution in [3.63, 3.8) is 0 Å². The summed E-state index contributed by atoms with van der Waals surface area (Å²) in [4.78, 5) is 41.5. The lowest BCUT2D eigenvalue weighted by atomic mass is 9.90. The van der Waals surface area contributed by atoms with Crippen LogP contribution in [0.25, 0.3) is 0 Å². The normalized spacial score (nSPS) is 15.2. The van der Waals surface area contributed by atoms with Gasteiger partial charge in [0.05, 0.1) is 13.2 Å². The zero-order valence-corrected chi connectivity index (χ0v) is 20.1. The van der Waals surface area contributed by atoms with E-state index in [-0.39, 0.29) is 17.7 Å². The molecule has 3 rings (SSSR count). The highest BCUT2D eigenvalue weighted by Crippen LogP contribution is 2.30. The number of Topliss-reactive ketones (excluding diaryl/α,β-unsaturated/α-hetero) is 1. The van der Waals surface area contributed by atoms with Crippen LogP contribution in [0.15, 0.2) is 24.3 Å². The van der Waals surface area contributed by atoms with Crippen LogP contribution >= 0.6 is 0 Å². The first-order valence-electron chi connectivity index (χ1n) is 11.6. The van der Waals surface area contributed by atoms with Gasteiger partial charge in [-0.25, -0.2) is 9.18 Å². The Labute approximate surface area is 194 Å². The van der Waals surface area contributed by atoms with Gasteiger partial charge < -0.3 is 14.2 Å². The number of esters is 1. The molecule has 1 aromatic heterocycles. The summed E-state index contributed by atoms with van der Waals surface area (Å²) in [5.41, 5.74) is 2.43. The van der Waals surface area contributed by atoms with Gasteiger partial charge in [0.15, 0.2) is 5.78 Å². The molecule has 0 N–H and O–H groups in total. The number of hydrogen-bond acceptors (Lipinski definition) is 4. The molecule has 1 saturated carbocycles. The van der Waals surface area contributed by atoms with E-state index in [2.05, 4.69) is 0 Å². The number of benzene rings is 1. The average Bonchev–Trinajstić information content (AvgIpc) is 3.08. The monoisotopic (exact) mass is 456 g/mol. The fourth-order valence-electron chi connectivity index (χ4n) is 5.11. The lowest BCUT2D eigenvalue weighted by Crippen LogP contribution is -2.50. The van der Waals surface area contributed by atoms with Crippen molar-refractivity contribution in [1.29, 1.82) is 0 Å². The number of carbonyl (C=O) groups excluding carboxylic acids is 3. The SMILES string of the molecule is CCn1c(C)c(C(=O)C(C)N(C(=O)c2ccc(F)cc2)C2CCCCC2)c(C)c1C(=O)OC. The van der Waals surface area contributed by atoms with Gasteiger partial charge in [-0.15, -0.1) is 0 Å². The molecule has 1 unspecified atom stereocenters. The van der Waals surface area contributed by atoms with Crippen LogP contribution in [-0.4, -0.2) is 46.3 Å². The molecule has 0 radical (unpaired) electrons. The Morgan fingerprint density at radius 2 is 1.73 bits per heavy atom. The molecule has 178 valence electrons. The van der Waals surface area contributed by atoms with Gasteiger partial charge in [0.2, 0.25) is 0 Å². The van der Waals surface area contributed by atoms with E-state index in [1.165, 1.54) is 31.4 Å². The molecule has 6 nitrogen and oxygen atoms in total. The fraction of sp³-hybridized carbons (Fsp3) is 0.500. The summed E-state index contributed by atoms with van der Waals surface area (Å²) in [6.45, 7) is 7.73. The highest BCUT2D eigenvalue weighted by atomic mass is 19.1. The van der Waals surface area contributed by atoms with Gasteiger partial charge in [0.25, 0.3) is 5.91 Å². The number of halogens is 1. The van der Waals surface area contributed by atoms with Crippen molar-refractivity contribution in [2.24, 2.45) is 0 Å². The van der Waals surface area contributed by atoms with Crippen molar-refractivity contribution in [3.8, 4) is 0 Å². The van der Waals surface area contributed by atoms with Crippen molar-refractivity contribution in [3.05, 3.63) is 58.2 Å². The Hall–Kier alpha value is -2.96. The van der Waals surface area contributed by atoms with E-state index in [4.69, 9.17) is 4.74 Å². The molecular weight excluding hydrogens is 423 g/mol. The third-order valence-electron chi connectivity index (χ3n) is 6.80. The van der Waals surface area contributed by atoms with E-state index >= 15 is 0 Å².